The van der Waals surface area contributed by atoms with Gasteiger partial charge in [0.2, 0.25) is 26.1 Å². The molecule has 0 unspecified atom stereocenters. The molecule has 0 atom stereocenters. The van der Waals surface area contributed by atoms with E-state index in [9.17, 15) is 18.5 Å². The maximum Gasteiger partial charge on any atom is 0.268 e. The summed E-state index contributed by atoms with van der Waals surface area (Å²) in [4.78, 5) is 12.6. The number of carbonyl (C=O) groups is 1. The van der Waals surface area contributed by atoms with Crippen molar-refractivity contribution in [3.05, 3.63) is 53.1 Å². The summed E-state index contributed by atoms with van der Waals surface area (Å²) in [5, 5.41) is 19.1. The molecule has 3 aromatic rings. The quantitative estimate of drug-likeness (QED) is 0.249. The zero-order valence-corrected chi connectivity index (χ0v) is 20.8. The Morgan fingerprint density at radius 3 is 2.75 bits per heavy atom. The Hall–Kier alpha value is -4.15. The second-order valence-corrected chi connectivity index (χ2v) is 10.7. The summed E-state index contributed by atoms with van der Waals surface area (Å²) >= 11 is 0.715. The molecular formula is C23H20N4O7S2. The van der Waals surface area contributed by atoms with Crippen molar-refractivity contribution in [2.24, 2.45) is 0 Å². The Balaban J connectivity index is 1.46. The average molecular weight is 529 g/mol. The number of nitrogens with zero attached hydrogens (tertiary/aromatic N) is 3. The predicted molar refractivity (Wildman–Crippen MR) is 130 cm³/mol. The van der Waals surface area contributed by atoms with Crippen LogP contribution in [0.4, 0.5) is 5.13 Å². The Morgan fingerprint density at radius 1 is 1.19 bits per heavy atom. The molecule has 1 aromatic heterocycles. The van der Waals surface area contributed by atoms with E-state index in [2.05, 4.69) is 15.5 Å². The van der Waals surface area contributed by atoms with E-state index in [0.29, 0.717) is 39.9 Å². The first kappa shape index (κ1) is 25.0. The van der Waals surface area contributed by atoms with Crippen LogP contribution in [0.1, 0.15) is 18.1 Å². The molecule has 0 saturated carbocycles. The standard InChI is InChI=1S/C23H20N4O7S2/c1-3-36(29,30)23-27-26-22(35-23)25-21(28)16(11-24)8-14-4-6-17(19(9-14)31-2)32-12-15-5-7-18-20(10-15)34-13-33-18/h4-10H,3,12-13H2,1-2H3,(H,25,26,28)/b16-8-. The van der Waals surface area contributed by atoms with Crippen LogP contribution in [0, 0.1) is 11.3 Å². The lowest BCUT2D eigenvalue weighted by atomic mass is 10.1. The third-order valence-electron chi connectivity index (χ3n) is 4.97. The van der Waals surface area contributed by atoms with Gasteiger partial charge < -0.3 is 18.9 Å². The van der Waals surface area contributed by atoms with Gasteiger partial charge in [-0.3, -0.25) is 10.1 Å². The monoisotopic (exact) mass is 528 g/mol. The van der Waals surface area contributed by atoms with Crippen LogP contribution in [-0.2, 0) is 21.2 Å². The molecule has 0 spiro atoms. The SMILES string of the molecule is CCS(=O)(=O)c1nnc(NC(=O)/C(C#N)=C\c2ccc(OCc3ccc4c(c3)OCO4)c(OC)c2)s1. The third kappa shape index (κ3) is 5.56. The van der Waals surface area contributed by atoms with E-state index in [1.165, 1.54) is 20.1 Å². The minimum Gasteiger partial charge on any atom is -0.493 e. The summed E-state index contributed by atoms with van der Waals surface area (Å²) in [5.74, 6) is 1.31. The number of nitrogens with one attached hydrogen (secondary N) is 1. The topological polar surface area (TPSA) is 150 Å². The molecule has 0 fully saturated rings. The molecule has 2 aromatic carbocycles. The highest BCUT2D eigenvalue weighted by molar-refractivity contribution is 7.93. The van der Waals surface area contributed by atoms with Crippen molar-refractivity contribution >= 4 is 38.3 Å². The molecule has 1 aliphatic heterocycles. The maximum atomic E-state index is 12.6. The first-order chi connectivity index (χ1) is 17.3. The van der Waals surface area contributed by atoms with E-state index in [1.807, 2.05) is 24.3 Å². The summed E-state index contributed by atoms with van der Waals surface area (Å²) in [6, 6.07) is 12.3. The van der Waals surface area contributed by atoms with Gasteiger partial charge in [-0.25, -0.2) is 8.42 Å². The predicted octanol–water partition coefficient (Wildman–Crippen LogP) is 3.19. The fourth-order valence-corrected chi connectivity index (χ4v) is 5.06. The van der Waals surface area contributed by atoms with Crippen LogP contribution in [0.25, 0.3) is 6.08 Å². The molecule has 0 bridgehead atoms. The van der Waals surface area contributed by atoms with Crippen LogP contribution < -0.4 is 24.3 Å². The van der Waals surface area contributed by atoms with Crippen LogP contribution in [-0.4, -0.2) is 44.2 Å². The Labute approximate surface area is 210 Å². The molecule has 1 N–H and O–H groups in total. The number of carbonyl (C=O) groups excluding carboxylic acids is 1. The lowest BCUT2D eigenvalue weighted by molar-refractivity contribution is -0.112. The van der Waals surface area contributed by atoms with Gasteiger partial charge in [-0.15, -0.1) is 10.2 Å². The van der Waals surface area contributed by atoms with E-state index in [4.69, 9.17) is 18.9 Å². The molecule has 36 heavy (non-hydrogen) atoms. The number of methoxy groups -OCH3 is 1. The van der Waals surface area contributed by atoms with Crippen LogP contribution in [0.3, 0.4) is 0 Å². The second kappa shape index (κ2) is 10.6. The molecule has 0 radical (unpaired) electrons. The van der Waals surface area contributed by atoms with Gasteiger partial charge in [-0.05, 0) is 41.5 Å². The van der Waals surface area contributed by atoms with Gasteiger partial charge in [0.05, 0.1) is 12.9 Å². The summed E-state index contributed by atoms with van der Waals surface area (Å²) < 4.78 is 45.5. The van der Waals surface area contributed by atoms with Crippen molar-refractivity contribution in [2.45, 2.75) is 17.9 Å². The number of nitriles is 1. The van der Waals surface area contributed by atoms with Gasteiger partial charge in [0.1, 0.15) is 18.2 Å². The number of sulfone groups is 1. The van der Waals surface area contributed by atoms with Crippen LogP contribution >= 0.6 is 11.3 Å². The lowest BCUT2D eigenvalue weighted by Gasteiger charge is -2.12. The normalized spacial score (nSPS) is 12.6. The molecule has 0 aliphatic carbocycles. The third-order valence-corrected chi connectivity index (χ3v) is 7.99. The number of aromatic nitrogens is 2. The lowest BCUT2D eigenvalue weighted by Crippen LogP contribution is -2.13. The molecule has 186 valence electrons. The highest BCUT2D eigenvalue weighted by Gasteiger charge is 2.20. The Morgan fingerprint density at radius 2 is 2.00 bits per heavy atom. The van der Waals surface area contributed by atoms with Crippen molar-refractivity contribution in [3.63, 3.8) is 0 Å². The summed E-state index contributed by atoms with van der Waals surface area (Å²) in [6.07, 6.45) is 1.37. The first-order valence-corrected chi connectivity index (χ1v) is 13.0. The van der Waals surface area contributed by atoms with E-state index < -0.39 is 15.7 Å². The van der Waals surface area contributed by atoms with Crippen molar-refractivity contribution in [3.8, 4) is 29.1 Å². The van der Waals surface area contributed by atoms with Gasteiger partial charge in [-0.2, -0.15) is 5.26 Å². The minimum absolute atomic E-state index is 0.0296. The number of anilines is 1. The number of amides is 1. The van der Waals surface area contributed by atoms with Crippen molar-refractivity contribution < 1.29 is 32.2 Å². The van der Waals surface area contributed by atoms with Crippen molar-refractivity contribution in [1.82, 2.24) is 10.2 Å². The highest BCUT2D eigenvalue weighted by atomic mass is 32.2. The second-order valence-electron chi connectivity index (χ2n) is 7.29. The zero-order chi connectivity index (χ0) is 25.7. The van der Waals surface area contributed by atoms with Crippen LogP contribution in [0.2, 0.25) is 0 Å². The molecule has 11 nitrogen and oxygen atoms in total. The number of rotatable bonds is 9. The number of hydrogen-bond acceptors (Lipinski definition) is 11. The molecule has 1 amide bonds. The Bertz CT molecular complexity index is 1480. The van der Waals surface area contributed by atoms with E-state index in [1.54, 1.807) is 18.2 Å². The number of ether oxygens (including phenoxy) is 4. The van der Waals surface area contributed by atoms with E-state index in [-0.39, 0.29) is 34.2 Å². The van der Waals surface area contributed by atoms with E-state index >= 15 is 0 Å². The van der Waals surface area contributed by atoms with Gasteiger partial charge in [0, 0.05) is 0 Å². The Kier molecular flexibility index (Phi) is 7.37. The zero-order valence-electron chi connectivity index (χ0n) is 19.2. The minimum atomic E-state index is -3.55. The maximum absolute atomic E-state index is 12.6. The summed E-state index contributed by atoms with van der Waals surface area (Å²) in [7, 11) is -2.07. The smallest absolute Gasteiger partial charge is 0.268 e. The molecule has 4 rings (SSSR count). The summed E-state index contributed by atoms with van der Waals surface area (Å²) in [6.45, 7) is 1.92. The average Bonchev–Trinajstić information content (AvgIpc) is 3.55. The molecule has 0 saturated heterocycles. The fraction of sp³-hybridized carbons (Fsp3) is 0.217. The molecule has 13 heteroatoms. The summed E-state index contributed by atoms with van der Waals surface area (Å²) in [5.41, 5.74) is 1.17. The molecule has 2 heterocycles. The van der Waals surface area contributed by atoms with Gasteiger partial charge in [0.25, 0.3) is 5.91 Å². The first-order valence-electron chi connectivity index (χ1n) is 10.5. The van der Waals surface area contributed by atoms with Crippen LogP contribution in [0.15, 0.2) is 46.3 Å². The number of hydrogen-bond donors (Lipinski definition) is 1. The van der Waals surface area contributed by atoms with Crippen LogP contribution in [0.5, 0.6) is 23.0 Å². The highest BCUT2D eigenvalue weighted by Crippen LogP contribution is 2.34. The van der Waals surface area contributed by atoms with Gasteiger partial charge in [-0.1, -0.05) is 30.4 Å². The van der Waals surface area contributed by atoms with Gasteiger partial charge >= 0.3 is 0 Å². The van der Waals surface area contributed by atoms with E-state index in [0.717, 1.165) is 5.56 Å². The largest absolute Gasteiger partial charge is 0.493 e. The fourth-order valence-electron chi connectivity index (χ4n) is 3.07. The number of fused-ring (bicyclic) bond motifs is 1. The van der Waals surface area contributed by atoms with Gasteiger partial charge in [0.15, 0.2) is 23.0 Å². The van der Waals surface area contributed by atoms with Crippen molar-refractivity contribution in [1.29, 1.82) is 5.26 Å². The molecular weight excluding hydrogens is 508 g/mol. The number of benzene rings is 2. The van der Waals surface area contributed by atoms with Crippen molar-refractivity contribution in [2.75, 3.05) is 25.0 Å². The molecule has 1 aliphatic rings.